The Labute approximate surface area is 67.8 Å². The van der Waals surface area contributed by atoms with Gasteiger partial charge in [-0.1, -0.05) is 24.3 Å². The SMILES string of the molecule is CCN=Cc1ccccc1C. The Kier molecular flexibility index (Phi) is 2.84. The summed E-state index contributed by atoms with van der Waals surface area (Å²) < 4.78 is 0. The summed E-state index contributed by atoms with van der Waals surface area (Å²) in [5.74, 6) is 0. The van der Waals surface area contributed by atoms with Gasteiger partial charge in [-0.25, -0.2) is 0 Å². The summed E-state index contributed by atoms with van der Waals surface area (Å²) in [5.41, 5.74) is 2.50. The molecular formula is C10H13N. The Morgan fingerprint density at radius 3 is 2.73 bits per heavy atom. The normalized spacial score (nSPS) is 10.7. The lowest BCUT2D eigenvalue weighted by Crippen LogP contribution is -1.85. The van der Waals surface area contributed by atoms with Gasteiger partial charge in [-0.3, -0.25) is 4.99 Å². The van der Waals surface area contributed by atoms with Gasteiger partial charge in [-0.05, 0) is 25.0 Å². The molecule has 0 fully saturated rings. The van der Waals surface area contributed by atoms with Crippen molar-refractivity contribution in [1.82, 2.24) is 0 Å². The van der Waals surface area contributed by atoms with Crippen LogP contribution in [0.15, 0.2) is 29.3 Å². The highest BCUT2D eigenvalue weighted by Gasteiger charge is 1.89. The van der Waals surface area contributed by atoms with E-state index in [1.54, 1.807) is 0 Å². The van der Waals surface area contributed by atoms with E-state index in [-0.39, 0.29) is 0 Å². The topological polar surface area (TPSA) is 12.4 Å². The molecule has 0 N–H and O–H groups in total. The number of nitrogens with zero attached hydrogens (tertiary/aromatic N) is 1. The summed E-state index contributed by atoms with van der Waals surface area (Å²) in [7, 11) is 0. The van der Waals surface area contributed by atoms with Crippen LogP contribution in [0, 0.1) is 6.92 Å². The number of aryl methyl sites for hydroxylation is 1. The van der Waals surface area contributed by atoms with Crippen LogP contribution in [0.2, 0.25) is 0 Å². The lowest BCUT2D eigenvalue weighted by atomic mass is 10.1. The molecule has 1 rings (SSSR count). The molecule has 11 heavy (non-hydrogen) atoms. The van der Waals surface area contributed by atoms with Gasteiger partial charge < -0.3 is 0 Å². The molecule has 0 bridgehead atoms. The lowest BCUT2D eigenvalue weighted by Gasteiger charge is -1.96. The van der Waals surface area contributed by atoms with Crippen molar-refractivity contribution in [3.05, 3.63) is 35.4 Å². The second-order valence-electron chi connectivity index (χ2n) is 2.48. The van der Waals surface area contributed by atoms with E-state index in [9.17, 15) is 0 Å². The first-order valence-electron chi connectivity index (χ1n) is 3.90. The van der Waals surface area contributed by atoms with Crippen LogP contribution in [0.5, 0.6) is 0 Å². The van der Waals surface area contributed by atoms with Crippen molar-refractivity contribution < 1.29 is 0 Å². The smallest absolute Gasteiger partial charge is 0.0361 e. The highest BCUT2D eigenvalue weighted by atomic mass is 14.7. The van der Waals surface area contributed by atoms with Gasteiger partial charge >= 0.3 is 0 Å². The van der Waals surface area contributed by atoms with E-state index < -0.39 is 0 Å². The fourth-order valence-corrected chi connectivity index (χ4v) is 0.921. The standard InChI is InChI=1S/C10H13N/c1-3-11-8-10-7-5-4-6-9(10)2/h4-8H,3H2,1-2H3. The Morgan fingerprint density at radius 2 is 2.09 bits per heavy atom. The van der Waals surface area contributed by atoms with E-state index in [0.717, 1.165) is 6.54 Å². The molecule has 0 atom stereocenters. The summed E-state index contributed by atoms with van der Waals surface area (Å²) in [6.07, 6.45) is 1.93. The quantitative estimate of drug-likeness (QED) is 0.570. The predicted molar refractivity (Wildman–Crippen MR) is 49.3 cm³/mol. The predicted octanol–water partition coefficient (Wildman–Crippen LogP) is 2.43. The highest BCUT2D eigenvalue weighted by Crippen LogP contribution is 2.03. The maximum Gasteiger partial charge on any atom is 0.0361 e. The van der Waals surface area contributed by atoms with Crippen molar-refractivity contribution in [2.24, 2.45) is 4.99 Å². The molecule has 1 aromatic carbocycles. The lowest BCUT2D eigenvalue weighted by molar-refractivity contribution is 1.14. The van der Waals surface area contributed by atoms with Crippen molar-refractivity contribution in [3.8, 4) is 0 Å². The third kappa shape index (κ3) is 2.19. The van der Waals surface area contributed by atoms with Gasteiger partial charge in [0.15, 0.2) is 0 Å². The molecule has 0 aromatic heterocycles. The van der Waals surface area contributed by atoms with Crippen LogP contribution in [0.1, 0.15) is 18.1 Å². The fraction of sp³-hybridized carbons (Fsp3) is 0.300. The minimum absolute atomic E-state index is 0.855. The molecule has 0 saturated carbocycles. The number of hydrogen-bond donors (Lipinski definition) is 0. The second kappa shape index (κ2) is 3.91. The summed E-state index contributed by atoms with van der Waals surface area (Å²) in [6.45, 7) is 4.99. The van der Waals surface area contributed by atoms with Crippen LogP contribution in [0.4, 0.5) is 0 Å². The monoisotopic (exact) mass is 147 g/mol. The molecule has 0 spiro atoms. The van der Waals surface area contributed by atoms with Crippen LogP contribution in [-0.2, 0) is 0 Å². The fourth-order valence-electron chi connectivity index (χ4n) is 0.921. The van der Waals surface area contributed by atoms with Gasteiger partial charge in [-0.15, -0.1) is 0 Å². The minimum Gasteiger partial charge on any atom is -0.293 e. The van der Waals surface area contributed by atoms with Gasteiger partial charge in [0.1, 0.15) is 0 Å². The largest absolute Gasteiger partial charge is 0.293 e. The maximum atomic E-state index is 4.18. The molecule has 1 heteroatoms. The molecule has 0 unspecified atom stereocenters. The summed E-state index contributed by atoms with van der Waals surface area (Å²) in [4.78, 5) is 4.18. The van der Waals surface area contributed by atoms with Crippen LogP contribution in [0.3, 0.4) is 0 Å². The van der Waals surface area contributed by atoms with E-state index in [2.05, 4.69) is 24.0 Å². The molecule has 0 aliphatic carbocycles. The van der Waals surface area contributed by atoms with E-state index in [1.807, 2.05) is 25.3 Å². The molecule has 1 nitrogen and oxygen atoms in total. The molecule has 58 valence electrons. The van der Waals surface area contributed by atoms with Gasteiger partial charge in [0.2, 0.25) is 0 Å². The van der Waals surface area contributed by atoms with Crippen LogP contribution in [-0.4, -0.2) is 12.8 Å². The number of benzene rings is 1. The third-order valence-corrected chi connectivity index (χ3v) is 1.60. The first-order chi connectivity index (χ1) is 5.34. The molecule has 0 saturated heterocycles. The first kappa shape index (κ1) is 7.99. The molecular weight excluding hydrogens is 134 g/mol. The Hall–Kier alpha value is -1.11. The molecule has 1 aromatic rings. The first-order valence-corrected chi connectivity index (χ1v) is 3.90. The minimum atomic E-state index is 0.855. The van der Waals surface area contributed by atoms with Gasteiger partial charge in [0.25, 0.3) is 0 Å². The van der Waals surface area contributed by atoms with E-state index in [0.29, 0.717) is 0 Å². The Bertz CT molecular complexity index is 251. The maximum absolute atomic E-state index is 4.18. The Morgan fingerprint density at radius 1 is 1.36 bits per heavy atom. The van der Waals surface area contributed by atoms with Crippen molar-refractivity contribution in [1.29, 1.82) is 0 Å². The van der Waals surface area contributed by atoms with Gasteiger partial charge in [0.05, 0.1) is 0 Å². The third-order valence-electron chi connectivity index (χ3n) is 1.60. The summed E-state index contributed by atoms with van der Waals surface area (Å²) >= 11 is 0. The molecule has 0 amide bonds. The molecule has 0 heterocycles. The average Bonchev–Trinajstić information content (AvgIpc) is 2.03. The van der Waals surface area contributed by atoms with Crippen LogP contribution >= 0.6 is 0 Å². The number of rotatable bonds is 2. The summed E-state index contributed by atoms with van der Waals surface area (Å²) in [6, 6.07) is 8.24. The van der Waals surface area contributed by atoms with Crippen molar-refractivity contribution >= 4 is 6.21 Å². The number of aliphatic imine (C=N–C) groups is 1. The van der Waals surface area contributed by atoms with E-state index in [1.165, 1.54) is 11.1 Å². The second-order valence-corrected chi connectivity index (χ2v) is 2.48. The molecule has 0 aliphatic heterocycles. The summed E-state index contributed by atoms with van der Waals surface area (Å²) in [5, 5.41) is 0. The average molecular weight is 147 g/mol. The van der Waals surface area contributed by atoms with E-state index >= 15 is 0 Å². The van der Waals surface area contributed by atoms with E-state index in [4.69, 9.17) is 0 Å². The van der Waals surface area contributed by atoms with Crippen LogP contribution in [0.25, 0.3) is 0 Å². The zero-order chi connectivity index (χ0) is 8.10. The van der Waals surface area contributed by atoms with Crippen molar-refractivity contribution in [2.45, 2.75) is 13.8 Å². The van der Waals surface area contributed by atoms with Crippen LogP contribution < -0.4 is 0 Å². The highest BCUT2D eigenvalue weighted by molar-refractivity contribution is 5.81. The van der Waals surface area contributed by atoms with Gasteiger partial charge in [-0.2, -0.15) is 0 Å². The van der Waals surface area contributed by atoms with Crippen molar-refractivity contribution in [3.63, 3.8) is 0 Å². The van der Waals surface area contributed by atoms with Crippen molar-refractivity contribution in [2.75, 3.05) is 6.54 Å². The zero-order valence-corrected chi connectivity index (χ0v) is 7.04. The zero-order valence-electron chi connectivity index (χ0n) is 7.04. The Balaban J connectivity index is 2.86. The molecule has 0 radical (unpaired) electrons. The van der Waals surface area contributed by atoms with Gasteiger partial charge in [0, 0.05) is 12.8 Å². The number of hydrogen-bond acceptors (Lipinski definition) is 1. The molecule has 0 aliphatic rings.